The summed E-state index contributed by atoms with van der Waals surface area (Å²) in [5.41, 5.74) is 6.73. The Kier molecular flexibility index (Phi) is 4.24. The number of thioether (sulfide) groups is 1. The van der Waals surface area contributed by atoms with Crippen molar-refractivity contribution in [1.82, 2.24) is 0 Å². The first-order chi connectivity index (χ1) is 9.51. The third kappa shape index (κ3) is 3.08. The minimum atomic E-state index is -0.983. The van der Waals surface area contributed by atoms with Crippen LogP contribution in [0.2, 0.25) is 0 Å². The fourth-order valence-corrected chi connectivity index (χ4v) is 2.62. The number of methoxy groups -OCH3 is 1. The van der Waals surface area contributed by atoms with E-state index in [1.54, 1.807) is 32.2 Å². The van der Waals surface area contributed by atoms with Gasteiger partial charge in [0.1, 0.15) is 22.8 Å². The molecule has 1 aromatic heterocycles. The molecular formula is C14H15NO4S. The number of hydrogen-bond acceptors (Lipinski definition) is 5. The summed E-state index contributed by atoms with van der Waals surface area (Å²) in [4.78, 5) is 11.8. The summed E-state index contributed by atoms with van der Waals surface area (Å²) in [6, 6.07) is 6.95. The summed E-state index contributed by atoms with van der Waals surface area (Å²) in [5, 5.41) is 8.97. The van der Waals surface area contributed by atoms with Crippen LogP contribution < -0.4 is 10.5 Å². The third-order valence-electron chi connectivity index (χ3n) is 2.79. The molecular weight excluding hydrogens is 278 g/mol. The molecule has 0 aliphatic carbocycles. The van der Waals surface area contributed by atoms with Crippen molar-refractivity contribution in [2.24, 2.45) is 0 Å². The average molecular weight is 293 g/mol. The molecule has 0 amide bonds. The normalized spacial score (nSPS) is 10.5. The zero-order valence-electron chi connectivity index (χ0n) is 11.2. The first-order valence-corrected chi connectivity index (χ1v) is 6.88. The number of hydrogen-bond donors (Lipinski definition) is 2. The lowest BCUT2D eigenvalue weighted by Crippen LogP contribution is -1.95. The molecule has 0 radical (unpaired) electrons. The Labute approximate surface area is 120 Å². The monoisotopic (exact) mass is 293 g/mol. The molecule has 106 valence electrons. The summed E-state index contributed by atoms with van der Waals surface area (Å²) in [7, 11) is 1.59. The molecule has 6 heteroatoms. The maximum absolute atomic E-state index is 10.9. The highest BCUT2D eigenvalue weighted by atomic mass is 32.2. The van der Waals surface area contributed by atoms with Gasteiger partial charge in [-0.2, -0.15) is 0 Å². The number of carboxylic acids is 1. The fourth-order valence-electron chi connectivity index (χ4n) is 1.74. The number of carboxylic acid groups (broad SMARTS) is 1. The van der Waals surface area contributed by atoms with Crippen molar-refractivity contribution in [3.63, 3.8) is 0 Å². The number of furan rings is 1. The molecule has 3 N–H and O–H groups in total. The number of aryl methyl sites for hydroxylation is 1. The van der Waals surface area contributed by atoms with Gasteiger partial charge in [0.25, 0.3) is 0 Å². The number of nitrogens with two attached hydrogens (primary N) is 1. The lowest BCUT2D eigenvalue weighted by atomic mass is 10.2. The Morgan fingerprint density at radius 1 is 1.45 bits per heavy atom. The molecule has 0 aliphatic heterocycles. The van der Waals surface area contributed by atoms with E-state index < -0.39 is 5.97 Å². The molecule has 20 heavy (non-hydrogen) atoms. The van der Waals surface area contributed by atoms with E-state index in [0.717, 1.165) is 10.6 Å². The molecule has 0 atom stereocenters. The van der Waals surface area contributed by atoms with Gasteiger partial charge in [-0.05, 0) is 31.2 Å². The molecule has 0 fully saturated rings. The quantitative estimate of drug-likeness (QED) is 0.650. The Morgan fingerprint density at radius 3 is 2.80 bits per heavy atom. The summed E-state index contributed by atoms with van der Waals surface area (Å²) >= 11 is 1.47. The van der Waals surface area contributed by atoms with Crippen LogP contribution in [0.3, 0.4) is 0 Å². The maximum Gasteiger partial charge on any atom is 0.339 e. The number of ether oxygens (including phenoxy) is 1. The Bertz CT molecular complexity index is 636. The number of carbonyl (C=O) groups is 1. The van der Waals surface area contributed by atoms with Crippen molar-refractivity contribution in [3.05, 3.63) is 41.3 Å². The van der Waals surface area contributed by atoms with Gasteiger partial charge in [-0.25, -0.2) is 4.79 Å². The van der Waals surface area contributed by atoms with E-state index in [4.69, 9.17) is 20.0 Å². The average Bonchev–Trinajstić information content (AvgIpc) is 2.79. The summed E-state index contributed by atoms with van der Waals surface area (Å²) in [6.45, 7) is 1.64. The Hall–Kier alpha value is -2.08. The van der Waals surface area contributed by atoms with Crippen molar-refractivity contribution < 1.29 is 19.1 Å². The maximum atomic E-state index is 10.9. The van der Waals surface area contributed by atoms with Gasteiger partial charge in [0.2, 0.25) is 0 Å². The van der Waals surface area contributed by atoms with Gasteiger partial charge in [0, 0.05) is 10.6 Å². The highest BCUT2D eigenvalue weighted by Gasteiger charge is 2.14. The molecule has 0 aliphatic rings. The van der Waals surface area contributed by atoms with E-state index in [9.17, 15) is 4.79 Å². The predicted octanol–water partition coefficient (Wildman–Crippen LogP) is 3.17. The van der Waals surface area contributed by atoms with Crippen LogP contribution in [0.5, 0.6) is 5.75 Å². The van der Waals surface area contributed by atoms with Crippen LogP contribution in [0.25, 0.3) is 0 Å². The van der Waals surface area contributed by atoms with Crippen molar-refractivity contribution >= 4 is 23.4 Å². The minimum Gasteiger partial charge on any atom is -0.497 e. The van der Waals surface area contributed by atoms with Gasteiger partial charge in [-0.3, -0.25) is 0 Å². The topological polar surface area (TPSA) is 85.7 Å². The van der Waals surface area contributed by atoms with Gasteiger partial charge in [-0.1, -0.05) is 0 Å². The summed E-state index contributed by atoms with van der Waals surface area (Å²) in [6.07, 6.45) is 0. The zero-order valence-corrected chi connectivity index (χ0v) is 12.0. The molecule has 0 bridgehead atoms. The third-order valence-corrected chi connectivity index (χ3v) is 3.88. The van der Waals surface area contributed by atoms with Crippen molar-refractivity contribution in [3.8, 4) is 5.75 Å². The van der Waals surface area contributed by atoms with E-state index in [1.165, 1.54) is 11.8 Å². The number of benzene rings is 1. The second kappa shape index (κ2) is 5.92. The smallest absolute Gasteiger partial charge is 0.339 e. The molecule has 2 aromatic rings. The number of nitrogen functional groups attached to an aromatic ring is 1. The lowest BCUT2D eigenvalue weighted by Gasteiger charge is -2.06. The molecule has 0 saturated heterocycles. The highest BCUT2D eigenvalue weighted by Crippen LogP contribution is 2.32. The zero-order chi connectivity index (χ0) is 14.7. The predicted molar refractivity (Wildman–Crippen MR) is 77.4 cm³/mol. The van der Waals surface area contributed by atoms with Gasteiger partial charge < -0.3 is 20.0 Å². The van der Waals surface area contributed by atoms with E-state index in [-0.39, 0.29) is 5.56 Å². The first kappa shape index (κ1) is 14.3. The Balaban J connectivity index is 2.12. The minimum absolute atomic E-state index is 0.194. The second-order valence-corrected chi connectivity index (χ2v) is 5.20. The Morgan fingerprint density at radius 2 is 2.20 bits per heavy atom. The van der Waals surface area contributed by atoms with Gasteiger partial charge in [0.05, 0.1) is 12.9 Å². The molecule has 0 spiro atoms. The number of anilines is 1. The molecule has 1 aromatic carbocycles. The van der Waals surface area contributed by atoms with Crippen LogP contribution >= 0.6 is 11.8 Å². The largest absolute Gasteiger partial charge is 0.497 e. The fraction of sp³-hybridized carbons (Fsp3) is 0.214. The lowest BCUT2D eigenvalue weighted by molar-refractivity contribution is 0.0695. The van der Waals surface area contributed by atoms with Crippen LogP contribution in [0.4, 0.5) is 5.69 Å². The van der Waals surface area contributed by atoms with Crippen LogP contribution in [-0.2, 0) is 5.75 Å². The van der Waals surface area contributed by atoms with Gasteiger partial charge in [0.15, 0.2) is 0 Å². The van der Waals surface area contributed by atoms with E-state index >= 15 is 0 Å². The van der Waals surface area contributed by atoms with Crippen LogP contribution in [0, 0.1) is 6.92 Å². The van der Waals surface area contributed by atoms with Gasteiger partial charge >= 0.3 is 5.97 Å². The molecule has 0 unspecified atom stereocenters. The van der Waals surface area contributed by atoms with Crippen molar-refractivity contribution in [2.45, 2.75) is 17.6 Å². The first-order valence-electron chi connectivity index (χ1n) is 5.90. The van der Waals surface area contributed by atoms with Crippen LogP contribution in [-0.4, -0.2) is 18.2 Å². The molecule has 5 nitrogen and oxygen atoms in total. The van der Waals surface area contributed by atoms with Crippen LogP contribution in [0.15, 0.2) is 33.6 Å². The number of rotatable bonds is 5. The molecule has 0 saturated carbocycles. The second-order valence-electron chi connectivity index (χ2n) is 4.18. The van der Waals surface area contributed by atoms with Gasteiger partial charge in [-0.15, -0.1) is 11.8 Å². The standard InChI is InChI=1S/C14H15NO4S/c1-8-11(14(16)17)5-10(19-8)7-20-13-6-9(18-2)3-4-12(13)15/h3-6H,7,15H2,1-2H3,(H,16,17). The van der Waals surface area contributed by atoms with E-state index in [2.05, 4.69) is 0 Å². The van der Waals surface area contributed by atoms with Crippen LogP contribution in [0.1, 0.15) is 21.9 Å². The SMILES string of the molecule is COc1ccc(N)c(SCc2cc(C(=O)O)c(C)o2)c1. The number of aromatic carboxylic acids is 1. The molecule has 1 heterocycles. The molecule has 2 rings (SSSR count). The van der Waals surface area contributed by atoms with Crippen molar-refractivity contribution in [1.29, 1.82) is 0 Å². The summed E-state index contributed by atoms with van der Waals surface area (Å²) in [5.74, 6) is 1.26. The van der Waals surface area contributed by atoms with Crippen molar-refractivity contribution in [2.75, 3.05) is 12.8 Å². The van der Waals surface area contributed by atoms with E-state index in [1.807, 2.05) is 6.07 Å². The summed E-state index contributed by atoms with van der Waals surface area (Å²) < 4.78 is 10.6. The van der Waals surface area contributed by atoms with E-state index in [0.29, 0.717) is 23.0 Å². The highest BCUT2D eigenvalue weighted by molar-refractivity contribution is 7.98.